The molecule has 3 N–H and O–H groups in total. The number of nitrogens with two attached hydrogens (primary N) is 1. The molecule has 0 aliphatic carbocycles. The number of halogens is 3. The molecule has 10 nitrogen and oxygen atoms in total. The van der Waals surface area contributed by atoms with Crippen molar-refractivity contribution in [2.24, 2.45) is 0 Å². The Hall–Kier alpha value is -4.94. The molecule has 0 unspecified atom stereocenters. The number of likely N-dealkylation sites (N-methyl/N-ethyl adjacent to an activating group) is 1. The zero-order valence-corrected chi connectivity index (χ0v) is 20.3. The van der Waals surface area contributed by atoms with Crippen LogP contribution in [0.2, 0.25) is 0 Å². The summed E-state index contributed by atoms with van der Waals surface area (Å²) in [5, 5.41) is 10.5. The normalized spacial score (nSPS) is 11.3. The molecule has 0 saturated carbocycles. The van der Waals surface area contributed by atoms with E-state index in [9.17, 15) is 22.8 Å². The van der Waals surface area contributed by atoms with Crippen LogP contribution >= 0.6 is 0 Å². The van der Waals surface area contributed by atoms with Crippen molar-refractivity contribution in [3.05, 3.63) is 67.0 Å². The predicted octanol–water partition coefficient (Wildman–Crippen LogP) is 3.49. The van der Waals surface area contributed by atoms with E-state index in [1.807, 2.05) is 5.32 Å². The fourth-order valence-electron chi connectivity index (χ4n) is 3.81. The van der Waals surface area contributed by atoms with E-state index in [1.54, 1.807) is 37.4 Å². The summed E-state index contributed by atoms with van der Waals surface area (Å²) < 4.78 is 44.4. The number of rotatable bonds is 7. The molecular formula is C25H22F3N7O3. The van der Waals surface area contributed by atoms with Crippen molar-refractivity contribution in [2.75, 3.05) is 31.3 Å². The van der Waals surface area contributed by atoms with E-state index in [0.717, 1.165) is 0 Å². The summed E-state index contributed by atoms with van der Waals surface area (Å²) in [6.45, 7) is 2.01. The van der Waals surface area contributed by atoms with E-state index < -0.39 is 18.6 Å². The lowest BCUT2D eigenvalue weighted by molar-refractivity contribution is -0.123. The highest BCUT2D eigenvalue weighted by Crippen LogP contribution is 2.39. The number of fused-ring (bicyclic) bond motifs is 1. The van der Waals surface area contributed by atoms with Gasteiger partial charge in [-0.25, -0.2) is 4.98 Å². The van der Waals surface area contributed by atoms with Crippen molar-refractivity contribution in [3.8, 4) is 28.1 Å². The minimum absolute atomic E-state index is 0.0443. The molecule has 0 radical (unpaired) electrons. The van der Waals surface area contributed by atoms with Gasteiger partial charge in [-0.15, -0.1) is 14.8 Å². The fraction of sp³-hybridized carbons (Fsp3) is 0.160. The van der Waals surface area contributed by atoms with Crippen LogP contribution in [0.3, 0.4) is 0 Å². The molecule has 0 bridgehead atoms. The third kappa shape index (κ3) is 5.12. The number of amides is 2. The van der Waals surface area contributed by atoms with Crippen LogP contribution in [0.15, 0.2) is 61.4 Å². The van der Waals surface area contributed by atoms with E-state index in [4.69, 9.17) is 10.5 Å². The van der Waals surface area contributed by atoms with E-state index in [1.165, 1.54) is 41.2 Å². The van der Waals surface area contributed by atoms with Gasteiger partial charge in [-0.2, -0.15) is 13.2 Å². The summed E-state index contributed by atoms with van der Waals surface area (Å²) in [7, 11) is 2.91. The van der Waals surface area contributed by atoms with Gasteiger partial charge in [0, 0.05) is 23.9 Å². The molecule has 4 rings (SSSR count). The van der Waals surface area contributed by atoms with Gasteiger partial charge in [0.25, 0.3) is 5.91 Å². The number of methoxy groups -OCH3 is 1. The molecule has 0 aliphatic heterocycles. The van der Waals surface area contributed by atoms with Gasteiger partial charge in [0.1, 0.15) is 29.8 Å². The number of hydrogen-bond donors (Lipinski definition) is 2. The fourth-order valence-corrected chi connectivity index (χ4v) is 3.81. The Kier molecular flexibility index (Phi) is 7.02. The number of alkyl halides is 3. The summed E-state index contributed by atoms with van der Waals surface area (Å²) in [6.07, 6.45) is -2.11. The van der Waals surface area contributed by atoms with Gasteiger partial charge < -0.3 is 20.7 Å². The highest BCUT2D eigenvalue weighted by molar-refractivity contribution is 6.02. The van der Waals surface area contributed by atoms with Crippen LogP contribution in [0, 0.1) is 0 Å². The molecule has 2 aromatic carbocycles. The summed E-state index contributed by atoms with van der Waals surface area (Å²) in [4.78, 5) is 29.8. The summed E-state index contributed by atoms with van der Waals surface area (Å²) >= 11 is 0. The lowest BCUT2D eigenvalue weighted by Crippen LogP contribution is -2.33. The maximum absolute atomic E-state index is 12.6. The number of nitrogen functional groups attached to an aromatic ring is 1. The zero-order chi connectivity index (χ0) is 27.6. The predicted molar refractivity (Wildman–Crippen MR) is 135 cm³/mol. The third-order valence-electron chi connectivity index (χ3n) is 5.69. The van der Waals surface area contributed by atoms with Crippen molar-refractivity contribution in [2.45, 2.75) is 6.18 Å². The second kappa shape index (κ2) is 10.2. The molecule has 4 aromatic rings. The van der Waals surface area contributed by atoms with Crippen molar-refractivity contribution in [3.63, 3.8) is 0 Å². The lowest BCUT2D eigenvalue weighted by atomic mass is 9.98. The average molecular weight is 525 g/mol. The number of ether oxygens (including phenoxy) is 1. The monoisotopic (exact) mass is 525 g/mol. The molecule has 0 saturated heterocycles. The number of hydrogen-bond acceptors (Lipinski definition) is 7. The Morgan fingerprint density at radius 3 is 2.50 bits per heavy atom. The molecule has 0 aliphatic rings. The Morgan fingerprint density at radius 1 is 1.18 bits per heavy atom. The first kappa shape index (κ1) is 26.1. The first-order chi connectivity index (χ1) is 18.0. The SMILES string of the molecule is C=CC(=O)N(C)c1ccc(-c2nn3ncnc(N)c3c2-c2ccc(C(=O)NCC(F)(F)F)c(OC)c2)cc1. The molecule has 0 atom stereocenters. The topological polar surface area (TPSA) is 128 Å². The van der Waals surface area contributed by atoms with Crippen LogP contribution in [0.5, 0.6) is 5.75 Å². The first-order valence-electron chi connectivity index (χ1n) is 11.1. The van der Waals surface area contributed by atoms with E-state index in [-0.39, 0.29) is 23.0 Å². The summed E-state index contributed by atoms with van der Waals surface area (Å²) in [6, 6.07) is 11.4. The van der Waals surface area contributed by atoms with Crippen LogP contribution in [-0.4, -0.2) is 58.5 Å². The van der Waals surface area contributed by atoms with Gasteiger partial charge in [-0.3, -0.25) is 9.59 Å². The molecule has 2 heterocycles. The standard InChI is InChI=1S/C25H22F3N7O3/c1-4-19(36)34(2)16-8-5-14(6-9-16)21-20(22-23(29)31-13-32-35(22)33-21)15-7-10-17(18(11-15)38-3)24(37)30-12-25(26,27)28/h4-11,13H,1,12H2,2-3H3,(H,30,37)(H2,29,31,32). The maximum Gasteiger partial charge on any atom is 0.405 e. The van der Waals surface area contributed by atoms with E-state index in [0.29, 0.717) is 33.6 Å². The van der Waals surface area contributed by atoms with Crippen LogP contribution in [0.4, 0.5) is 24.7 Å². The quantitative estimate of drug-likeness (QED) is 0.354. The van der Waals surface area contributed by atoms with Gasteiger partial charge in [-0.1, -0.05) is 24.8 Å². The van der Waals surface area contributed by atoms with E-state index in [2.05, 4.69) is 21.8 Å². The van der Waals surface area contributed by atoms with Crippen LogP contribution in [0.25, 0.3) is 27.9 Å². The average Bonchev–Trinajstić information content (AvgIpc) is 3.31. The van der Waals surface area contributed by atoms with Crippen molar-refractivity contribution in [1.29, 1.82) is 0 Å². The molecule has 0 fully saturated rings. The minimum Gasteiger partial charge on any atom is -0.496 e. The van der Waals surface area contributed by atoms with Gasteiger partial charge in [0.05, 0.1) is 12.7 Å². The number of nitrogens with one attached hydrogen (secondary N) is 1. The summed E-state index contributed by atoms with van der Waals surface area (Å²) in [5.74, 6) is -1.04. The van der Waals surface area contributed by atoms with Crippen LogP contribution < -0.4 is 20.7 Å². The molecule has 196 valence electrons. The molecule has 2 amide bonds. The molecule has 2 aromatic heterocycles. The van der Waals surface area contributed by atoms with Crippen molar-refractivity contribution in [1.82, 2.24) is 25.1 Å². The third-order valence-corrected chi connectivity index (χ3v) is 5.69. The zero-order valence-electron chi connectivity index (χ0n) is 20.3. The molecule has 38 heavy (non-hydrogen) atoms. The molecule has 13 heteroatoms. The number of anilines is 2. The Balaban J connectivity index is 1.82. The smallest absolute Gasteiger partial charge is 0.405 e. The first-order valence-corrected chi connectivity index (χ1v) is 11.1. The Bertz CT molecular complexity index is 1530. The maximum atomic E-state index is 12.6. The number of benzene rings is 2. The highest BCUT2D eigenvalue weighted by atomic mass is 19.4. The van der Waals surface area contributed by atoms with Gasteiger partial charge in [-0.05, 0) is 35.9 Å². The van der Waals surface area contributed by atoms with Crippen molar-refractivity contribution < 1.29 is 27.5 Å². The number of nitrogens with zero attached hydrogens (tertiary/aromatic N) is 5. The highest BCUT2D eigenvalue weighted by Gasteiger charge is 2.29. The Labute approximate surface area is 214 Å². The second-order valence-corrected chi connectivity index (χ2v) is 8.07. The molecule has 0 spiro atoms. The minimum atomic E-state index is -4.56. The molecular weight excluding hydrogens is 503 g/mol. The largest absolute Gasteiger partial charge is 0.496 e. The Morgan fingerprint density at radius 2 is 1.87 bits per heavy atom. The van der Waals surface area contributed by atoms with Gasteiger partial charge in [0.15, 0.2) is 5.82 Å². The van der Waals surface area contributed by atoms with Gasteiger partial charge >= 0.3 is 6.18 Å². The number of aromatic nitrogens is 4. The lowest BCUT2D eigenvalue weighted by Gasteiger charge is -2.15. The van der Waals surface area contributed by atoms with Crippen molar-refractivity contribution >= 4 is 28.8 Å². The van der Waals surface area contributed by atoms with Crippen LogP contribution in [-0.2, 0) is 4.79 Å². The second-order valence-electron chi connectivity index (χ2n) is 8.07. The van der Waals surface area contributed by atoms with Gasteiger partial charge in [0.2, 0.25) is 5.91 Å². The van der Waals surface area contributed by atoms with E-state index >= 15 is 0 Å². The summed E-state index contributed by atoms with van der Waals surface area (Å²) in [5.41, 5.74) is 9.20. The number of carbonyl (C=O) groups is 2. The number of carbonyl (C=O) groups excluding carboxylic acids is 2. The van der Waals surface area contributed by atoms with Crippen LogP contribution in [0.1, 0.15) is 10.4 Å².